The fourth-order valence-electron chi connectivity index (χ4n) is 3.38. The van der Waals surface area contributed by atoms with Crippen LogP contribution in [-0.2, 0) is 9.59 Å². The van der Waals surface area contributed by atoms with E-state index in [4.69, 9.17) is 21.1 Å². The third-order valence-corrected chi connectivity index (χ3v) is 7.08. The maximum Gasteiger partial charge on any atom is 0.293 e. The highest BCUT2D eigenvalue weighted by Crippen LogP contribution is 2.35. The molecule has 0 bridgehead atoms. The number of imide groups is 1. The molecule has 190 valence electrons. The molecule has 0 unspecified atom stereocenters. The van der Waals surface area contributed by atoms with Crippen LogP contribution >= 0.6 is 39.3 Å². The van der Waals surface area contributed by atoms with Crippen molar-refractivity contribution in [3.05, 3.63) is 92.3 Å². The van der Waals surface area contributed by atoms with Gasteiger partial charge in [0.2, 0.25) is 0 Å². The van der Waals surface area contributed by atoms with E-state index in [1.165, 1.54) is 0 Å². The van der Waals surface area contributed by atoms with E-state index in [2.05, 4.69) is 21.2 Å². The van der Waals surface area contributed by atoms with Crippen LogP contribution in [0.5, 0.6) is 11.5 Å². The Balaban J connectivity index is 1.40. The average molecular weight is 602 g/mol. The minimum atomic E-state index is -0.411. The summed E-state index contributed by atoms with van der Waals surface area (Å²) in [6.07, 6.45) is 1.58. The van der Waals surface area contributed by atoms with Crippen LogP contribution in [0.3, 0.4) is 0 Å². The van der Waals surface area contributed by atoms with E-state index in [9.17, 15) is 14.4 Å². The van der Waals surface area contributed by atoms with Gasteiger partial charge in [0.25, 0.3) is 17.1 Å². The lowest BCUT2D eigenvalue weighted by atomic mass is 10.2. The van der Waals surface area contributed by atoms with Gasteiger partial charge < -0.3 is 14.8 Å². The minimum Gasteiger partial charge on any atom is -0.492 e. The number of para-hydroxylation sites is 1. The summed E-state index contributed by atoms with van der Waals surface area (Å²) in [5.74, 6) is 0.272. The Bertz CT molecular complexity index is 1370. The second kappa shape index (κ2) is 12.3. The Labute approximate surface area is 231 Å². The summed E-state index contributed by atoms with van der Waals surface area (Å²) < 4.78 is 12.1. The highest BCUT2D eigenvalue weighted by atomic mass is 79.9. The van der Waals surface area contributed by atoms with Crippen LogP contribution in [-0.4, -0.2) is 41.7 Å². The van der Waals surface area contributed by atoms with Crippen molar-refractivity contribution in [2.45, 2.75) is 6.92 Å². The van der Waals surface area contributed by atoms with Crippen molar-refractivity contribution in [2.75, 3.05) is 25.1 Å². The van der Waals surface area contributed by atoms with Gasteiger partial charge in [0.05, 0.1) is 11.4 Å². The Hall–Kier alpha value is -3.27. The molecule has 1 heterocycles. The van der Waals surface area contributed by atoms with Gasteiger partial charge >= 0.3 is 0 Å². The predicted molar refractivity (Wildman–Crippen MR) is 149 cm³/mol. The topological polar surface area (TPSA) is 84.9 Å². The molecule has 0 radical (unpaired) electrons. The van der Waals surface area contributed by atoms with Gasteiger partial charge in [-0.1, -0.05) is 51.8 Å². The molecular formula is C27H22BrClN2O5S. The first-order valence-electron chi connectivity index (χ1n) is 11.2. The quantitative estimate of drug-likeness (QED) is 0.280. The molecule has 10 heteroatoms. The lowest BCUT2D eigenvalue weighted by Crippen LogP contribution is -2.32. The number of rotatable bonds is 9. The van der Waals surface area contributed by atoms with Crippen molar-refractivity contribution in [1.82, 2.24) is 4.90 Å². The molecule has 0 saturated carbocycles. The van der Waals surface area contributed by atoms with Gasteiger partial charge in [-0.05, 0) is 72.8 Å². The number of thioether (sulfide) groups is 1. The minimum absolute atomic E-state index is 0.127. The van der Waals surface area contributed by atoms with E-state index in [0.29, 0.717) is 27.8 Å². The first-order valence-corrected chi connectivity index (χ1v) is 13.2. The number of nitrogens with zero attached hydrogens (tertiary/aromatic N) is 1. The number of carbonyl (C=O) groups excluding carboxylic acids is 3. The summed E-state index contributed by atoms with van der Waals surface area (Å²) in [6.45, 7) is 1.93. The van der Waals surface area contributed by atoms with Gasteiger partial charge in [-0.2, -0.15) is 0 Å². The van der Waals surface area contributed by atoms with Crippen LogP contribution in [0.4, 0.5) is 10.5 Å². The maximum absolute atomic E-state index is 12.9. The number of aryl methyl sites for hydroxylation is 1. The lowest BCUT2D eigenvalue weighted by Gasteiger charge is -2.13. The van der Waals surface area contributed by atoms with Crippen molar-refractivity contribution < 1.29 is 23.9 Å². The number of nitrogens with one attached hydrogen (secondary N) is 1. The average Bonchev–Trinajstić information content (AvgIpc) is 3.14. The van der Waals surface area contributed by atoms with Gasteiger partial charge in [0, 0.05) is 20.7 Å². The third kappa shape index (κ3) is 7.15. The summed E-state index contributed by atoms with van der Waals surface area (Å²) in [7, 11) is 0. The molecular weight excluding hydrogens is 580 g/mol. The molecule has 0 aromatic heterocycles. The van der Waals surface area contributed by atoms with Crippen molar-refractivity contribution in [3.8, 4) is 11.5 Å². The summed E-state index contributed by atoms with van der Waals surface area (Å²) in [4.78, 5) is 39.2. The molecule has 37 heavy (non-hydrogen) atoms. The third-order valence-electron chi connectivity index (χ3n) is 5.27. The van der Waals surface area contributed by atoms with Crippen molar-refractivity contribution in [2.24, 2.45) is 0 Å². The van der Waals surface area contributed by atoms with Crippen LogP contribution in [0, 0.1) is 6.92 Å². The first-order chi connectivity index (χ1) is 17.8. The summed E-state index contributed by atoms with van der Waals surface area (Å²) in [5, 5.41) is 2.92. The number of hydrogen-bond acceptors (Lipinski definition) is 6. The Morgan fingerprint density at radius 3 is 2.62 bits per heavy atom. The molecule has 1 N–H and O–H groups in total. The number of hydrogen-bond donors (Lipinski definition) is 1. The van der Waals surface area contributed by atoms with Crippen LogP contribution < -0.4 is 14.8 Å². The van der Waals surface area contributed by atoms with Crippen LogP contribution in [0.2, 0.25) is 5.02 Å². The summed E-state index contributed by atoms with van der Waals surface area (Å²) >= 11 is 10.4. The van der Waals surface area contributed by atoms with Gasteiger partial charge in [-0.25, -0.2) is 0 Å². The molecule has 1 fully saturated rings. The predicted octanol–water partition coefficient (Wildman–Crippen LogP) is 6.54. The van der Waals surface area contributed by atoms with Crippen molar-refractivity contribution in [1.29, 1.82) is 0 Å². The van der Waals surface area contributed by atoms with Crippen molar-refractivity contribution >= 4 is 68.1 Å². The van der Waals surface area contributed by atoms with E-state index in [0.717, 1.165) is 26.7 Å². The summed E-state index contributed by atoms with van der Waals surface area (Å²) in [6, 6.07) is 19.6. The molecule has 1 saturated heterocycles. The highest BCUT2D eigenvalue weighted by Gasteiger charge is 2.35. The van der Waals surface area contributed by atoms with E-state index in [-0.39, 0.29) is 35.8 Å². The molecule has 1 aliphatic heterocycles. The molecule has 1 aliphatic rings. The fourth-order valence-corrected chi connectivity index (χ4v) is 4.80. The fraction of sp³-hybridized carbons (Fsp3) is 0.148. The molecule has 0 spiro atoms. The largest absolute Gasteiger partial charge is 0.492 e. The van der Waals surface area contributed by atoms with Crippen LogP contribution in [0.25, 0.3) is 6.08 Å². The van der Waals surface area contributed by atoms with Gasteiger partial charge in [0.1, 0.15) is 18.1 Å². The van der Waals surface area contributed by atoms with E-state index >= 15 is 0 Å². The van der Waals surface area contributed by atoms with Crippen LogP contribution in [0.15, 0.2) is 76.1 Å². The number of carbonyl (C=O) groups is 3. The second-order valence-corrected chi connectivity index (χ2v) is 10.3. The standard InChI is InChI=1S/C27H22BrClN2O5S/c1-17-7-9-20(15-22(17)29)30-25(32)16-36-23-10-8-19(28)13-18(23)14-24-26(33)31(27(34)37-24)11-12-35-21-5-3-2-4-6-21/h2-10,13-15H,11-12,16H2,1H3,(H,30,32)/b24-14-. The van der Waals surface area contributed by atoms with Gasteiger partial charge in [0.15, 0.2) is 6.61 Å². The zero-order valence-corrected chi connectivity index (χ0v) is 22.9. The SMILES string of the molecule is Cc1ccc(NC(=O)COc2ccc(Br)cc2/C=C2\SC(=O)N(CCOc3ccccc3)C2=O)cc1Cl. The molecule has 3 amide bonds. The van der Waals surface area contributed by atoms with E-state index < -0.39 is 5.91 Å². The maximum atomic E-state index is 12.9. The van der Waals surface area contributed by atoms with Gasteiger partial charge in [-0.3, -0.25) is 19.3 Å². The number of benzene rings is 3. The normalized spacial score (nSPS) is 14.2. The Kier molecular flexibility index (Phi) is 8.91. The first kappa shape index (κ1) is 26.8. The summed E-state index contributed by atoms with van der Waals surface area (Å²) in [5.41, 5.74) is 2.01. The molecule has 0 aliphatic carbocycles. The van der Waals surface area contributed by atoms with Crippen molar-refractivity contribution in [3.63, 3.8) is 0 Å². The monoisotopic (exact) mass is 600 g/mol. The number of halogens is 2. The Morgan fingerprint density at radius 1 is 1.08 bits per heavy atom. The number of anilines is 1. The van der Waals surface area contributed by atoms with Gasteiger partial charge in [-0.15, -0.1) is 0 Å². The zero-order valence-electron chi connectivity index (χ0n) is 19.7. The van der Waals surface area contributed by atoms with E-state index in [1.807, 2.05) is 31.2 Å². The smallest absolute Gasteiger partial charge is 0.293 e. The van der Waals surface area contributed by atoms with E-state index in [1.54, 1.807) is 48.5 Å². The van der Waals surface area contributed by atoms with Crippen LogP contribution in [0.1, 0.15) is 11.1 Å². The molecule has 3 aromatic rings. The highest BCUT2D eigenvalue weighted by molar-refractivity contribution is 9.10. The molecule has 0 atom stereocenters. The molecule has 3 aromatic carbocycles. The molecule has 4 rings (SSSR count). The zero-order chi connectivity index (χ0) is 26.4. The number of amides is 3. The second-order valence-electron chi connectivity index (χ2n) is 7.98. The lowest BCUT2D eigenvalue weighted by molar-refractivity contribution is -0.123. The molecule has 7 nitrogen and oxygen atoms in total. The number of ether oxygens (including phenoxy) is 2. The Morgan fingerprint density at radius 2 is 1.86 bits per heavy atom.